The maximum atomic E-state index is 12.6. The molecule has 1 aliphatic heterocycles. The van der Waals surface area contributed by atoms with E-state index in [4.69, 9.17) is 9.47 Å². The summed E-state index contributed by atoms with van der Waals surface area (Å²) in [6.07, 6.45) is 0. The number of hydrogen-bond acceptors (Lipinski definition) is 6. The number of fused-ring (bicyclic) bond motifs is 1. The van der Waals surface area contributed by atoms with Crippen molar-refractivity contribution in [3.05, 3.63) is 53.6 Å². The molecule has 0 bridgehead atoms. The smallest absolute Gasteiger partial charge is 0.337 e. The number of carbonyl (C=O) groups is 1. The fourth-order valence-electron chi connectivity index (χ4n) is 2.59. The standard InChI is InChI=1S/C18H19NO6S/c1-12(14-5-8-16-17(11-14)25-10-9-24-16)19-26(21,22)15-6-3-13(4-7-15)18(20)23-2/h3-8,11-12,19H,9-10H2,1-2H3. The number of rotatable bonds is 5. The van der Waals surface area contributed by atoms with Gasteiger partial charge in [-0.15, -0.1) is 0 Å². The first-order valence-corrected chi connectivity index (χ1v) is 9.49. The van der Waals surface area contributed by atoms with Crippen molar-refractivity contribution in [1.29, 1.82) is 0 Å². The number of benzene rings is 2. The van der Waals surface area contributed by atoms with E-state index in [9.17, 15) is 13.2 Å². The van der Waals surface area contributed by atoms with E-state index in [0.29, 0.717) is 24.7 Å². The predicted molar refractivity (Wildman–Crippen MR) is 94.0 cm³/mol. The molecule has 0 aromatic heterocycles. The van der Waals surface area contributed by atoms with Crippen molar-refractivity contribution in [2.24, 2.45) is 0 Å². The minimum atomic E-state index is -3.75. The Morgan fingerprint density at radius 1 is 1.08 bits per heavy atom. The molecule has 2 aromatic carbocycles. The van der Waals surface area contributed by atoms with Crippen LogP contribution in [0, 0.1) is 0 Å². The highest BCUT2D eigenvalue weighted by atomic mass is 32.2. The van der Waals surface area contributed by atoms with E-state index in [2.05, 4.69) is 9.46 Å². The average molecular weight is 377 g/mol. The lowest BCUT2D eigenvalue weighted by molar-refractivity contribution is 0.0600. The summed E-state index contributed by atoms with van der Waals surface area (Å²) in [6.45, 7) is 2.70. The molecule has 3 rings (SSSR count). The van der Waals surface area contributed by atoms with E-state index in [-0.39, 0.29) is 10.5 Å². The Morgan fingerprint density at radius 2 is 1.73 bits per heavy atom. The molecule has 7 nitrogen and oxygen atoms in total. The molecule has 138 valence electrons. The van der Waals surface area contributed by atoms with Crippen molar-refractivity contribution in [3.63, 3.8) is 0 Å². The third-order valence-corrected chi connectivity index (χ3v) is 5.54. The van der Waals surface area contributed by atoms with Crippen LogP contribution in [0.1, 0.15) is 28.9 Å². The highest BCUT2D eigenvalue weighted by Gasteiger charge is 2.21. The van der Waals surface area contributed by atoms with Crippen LogP contribution in [0.2, 0.25) is 0 Å². The fraction of sp³-hybridized carbons (Fsp3) is 0.278. The van der Waals surface area contributed by atoms with E-state index >= 15 is 0 Å². The number of sulfonamides is 1. The van der Waals surface area contributed by atoms with Gasteiger partial charge in [-0.3, -0.25) is 0 Å². The Hall–Kier alpha value is -2.58. The SMILES string of the molecule is COC(=O)c1ccc(S(=O)(=O)NC(C)c2ccc3c(c2)OCCO3)cc1. The van der Waals surface area contributed by atoms with Crippen molar-refractivity contribution in [1.82, 2.24) is 4.72 Å². The van der Waals surface area contributed by atoms with Gasteiger partial charge in [0, 0.05) is 6.04 Å². The Bertz CT molecular complexity index is 908. The maximum Gasteiger partial charge on any atom is 0.337 e. The summed E-state index contributed by atoms with van der Waals surface area (Å²) < 4.78 is 43.4. The maximum absolute atomic E-state index is 12.6. The zero-order valence-corrected chi connectivity index (χ0v) is 15.2. The summed E-state index contributed by atoms with van der Waals surface area (Å²) in [6, 6.07) is 10.4. The highest BCUT2D eigenvalue weighted by molar-refractivity contribution is 7.89. The molecule has 0 spiro atoms. The van der Waals surface area contributed by atoms with Crippen LogP contribution in [0.3, 0.4) is 0 Å². The fourth-order valence-corrected chi connectivity index (χ4v) is 3.82. The van der Waals surface area contributed by atoms with Crippen LogP contribution in [-0.2, 0) is 14.8 Å². The molecule has 0 amide bonds. The zero-order valence-electron chi connectivity index (χ0n) is 14.4. The van der Waals surface area contributed by atoms with E-state index in [1.165, 1.54) is 31.4 Å². The predicted octanol–water partition coefficient (Wildman–Crippen LogP) is 2.28. The zero-order chi connectivity index (χ0) is 18.7. The number of carbonyl (C=O) groups excluding carboxylic acids is 1. The Labute approximate surface area is 151 Å². The lowest BCUT2D eigenvalue weighted by atomic mass is 10.1. The first-order valence-electron chi connectivity index (χ1n) is 8.01. The van der Waals surface area contributed by atoms with Gasteiger partial charge in [0.1, 0.15) is 13.2 Å². The van der Waals surface area contributed by atoms with Gasteiger partial charge in [-0.2, -0.15) is 0 Å². The van der Waals surface area contributed by atoms with Gasteiger partial charge in [-0.25, -0.2) is 17.9 Å². The lowest BCUT2D eigenvalue weighted by Gasteiger charge is -2.21. The first kappa shape index (κ1) is 18.2. The second kappa shape index (κ2) is 7.35. The summed E-state index contributed by atoms with van der Waals surface area (Å²) in [7, 11) is -2.48. The first-order chi connectivity index (χ1) is 12.4. The molecule has 26 heavy (non-hydrogen) atoms. The van der Waals surface area contributed by atoms with Gasteiger partial charge in [0.05, 0.1) is 17.6 Å². The average Bonchev–Trinajstić information content (AvgIpc) is 2.66. The van der Waals surface area contributed by atoms with Crippen LogP contribution in [0.15, 0.2) is 47.4 Å². The number of esters is 1. The molecular formula is C18H19NO6S. The van der Waals surface area contributed by atoms with E-state index in [1.807, 2.05) is 0 Å². The monoisotopic (exact) mass is 377 g/mol. The number of nitrogens with one attached hydrogen (secondary N) is 1. The van der Waals surface area contributed by atoms with Crippen LogP contribution in [0.5, 0.6) is 11.5 Å². The Balaban J connectivity index is 1.77. The molecule has 0 saturated heterocycles. The third kappa shape index (κ3) is 3.81. The van der Waals surface area contributed by atoms with Gasteiger partial charge in [0.25, 0.3) is 0 Å². The summed E-state index contributed by atoms with van der Waals surface area (Å²) in [5.74, 6) is 0.724. The number of hydrogen-bond donors (Lipinski definition) is 1. The van der Waals surface area contributed by atoms with E-state index in [1.54, 1.807) is 25.1 Å². The molecule has 0 aliphatic carbocycles. The molecule has 0 radical (unpaired) electrons. The molecule has 0 fully saturated rings. The normalized spacial score (nSPS) is 14.5. The van der Waals surface area contributed by atoms with Gasteiger partial charge in [-0.05, 0) is 48.9 Å². The molecule has 8 heteroatoms. The van der Waals surface area contributed by atoms with Crippen LogP contribution in [0.4, 0.5) is 0 Å². The largest absolute Gasteiger partial charge is 0.486 e. The Kier molecular flexibility index (Phi) is 5.15. The van der Waals surface area contributed by atoms with Crippen molar-refractivity contribution in [3.8, 4) is 11.5 Å². The number of ether oxygens (including phenoxy) is 3. The van der Waals surface area contributed by atoms with Crippen LogP contribution >= 0.6 is 0 Å². The van der Waals surface area contributed by atoms with Crippen LogP contribution in [-0.4, -0.2) is 34.7 Å². The van der Waals surface area contributed by atoms with Gasteiger partial charge in [0.2, 0.25) is 10.0 Å². The van der Waals surface area contributed by atoms with Gasteiger partial charge in [0.15, 0.2) is 11.5 Å². The van der Waals surface area contributed by atoms with E-state index < -0.39 is 22.0 Å². The molecule has 1 atom stereocenters. The lowest BCUT2D eigenvalue weighted by Crippen LogP contribution is -2.27. The summed E-state index contributed by atoms with van der Waals surface area (Å²) in [5, 5.41) is 0. The summed E-state index contributed by atoms with van der Waals surface area (Å²) in [5.41, 5.74) is 1.04. The van der Waals surface area contributed by atoms with Crippen molar-refractivity contribution in [2.75, 3.05) is 20.3 Å². The molecule has 1 unspecified atom stereocenters. The Morgan fingerprint density at radius 3 is 2.38 bits per heavy atom. The van der Waals surface area contributed by atoms with Gasteiger partial charge >= 0.3 is 5.97 Å². The van der Waals surface area contributed by atoms with Crippen molar-refractivity contribution < 1.29 is 27.4 Å². The second-order valence-electron chi connectivity index (χ2n) is 5.76. The number of methoxy groups -OCH3 is 1. The van der Waals surface area contributed by atoms with Crippen LogP contribution < -0.4 is 14.2 Å². The summed E-state index contributed by atoms with van der Waals surface area (Å²) >= 11 is 0. The quantitative estimate of drug-likeness (QED) is 0.804. The molecule has 0 saturated carbocycles. The van der Waals surface area contributed by atoms with Crippen LogP contribution in [0.25, 0.3) is 0 Å². The van der Waals surface area contributed by atoms with E-state index in [0.717, 1.165) is 5.56 Å². The summed E-state index contributed by atoms with van der Waals surface area (Å²) in [4.78, 5) is 11.5. The van der Waals surface area contributed by atoms with Crippen molar-refractivity contribution in [2.45, 2.75) is 17.9 Å². The van der Waals surface area contributed by atoms with Gasteiger partial charge < -0.3 is 14.2 Å². The third-order valence-electron chi connectivity index (χ3n) is 3.98. The molecular weight excluding hydrogens is 358 g/mol. The second-order valence-corrected chi connectivity index (χ2v) is 7.48. The topological polar surface area (TPSA) is 90.9 Å². The molecule has 1 heterocycles. The molecule has 1 N–H and O–H groups in total. The van der Waals surface area contributed by atoms with Crippen molar-refractivity contribution >= 4 is 16.0 Å². The molecule has 1 aliphatic rings. The minimum Gasteiger partial charge on any atom is -0.486 e. The van der Waals surface area contributed by atoms with Gasteiger partial charge in [-0.1, -0.05) is 6.07 Å². The molecule has 2 aromatic rings. The minimum absolute atomic E-state index is 0.0644. The highest BCUT2D eigenvalue weighted by Crippen LogP contribution is 2.32.